The van der Waals surface area contributed by atoms with Crippen LogP contribution in [0.2, 0.25) is 0 Å². The normalized spacial score (nSPS) is 10.3. The SMILES string of the molecule is COCCN(CCO)CCOc1ccc(C#CCO)cc1. The van der Waals surface area contributed by atoms with Gasteiger partial charge in [-0.25, -0.2) is 0 Å². The van der Waals surface area contributed by atoms with E-state index in [0.717, 1.165) is 24.4 Å². The smallest absolute Gasteiger partial charge is 0.119 e. The topological polar surface area (TPSA) is 62.2 Å². The standard InChI is InChI=1S/C16H23NO4/c1-20-13-9-17(8-12-19)10-14-21-16-6-4-15(5-7-16)3-2-11-18/h4-7,18-19H,8-14H2,1H3. The molecule has 21 heavy (non-hydrogen) atoms. The average molecular weight is 293 g/mol. The van der Waals surface area contributed by atoms with Crippen LogP contribution in [0.1, 0.15) is 5.56 Å². The van der Waals surface area contributed by atoms with Crippen molar-refractivity contribution in [3.05, 3.63) is 29.8 Å². The first kappa shape index (κ1) is 17.5. The minimum absolute atomic E-state index is 0.127. The predicted molar refractivity (Wildman–Crippen MR) is 81.3 cm³/mol. The maximum atomic E-state index is 9.00. The highest BCUT2D eigenvalue weighted by molar-refractivity contribution is 5.38. The van der Waals surface area contributed by atoms with Gasteiger partial charge in [0.15, 0.2) is 0 Å². The van der Waals surface area contributed by atoms with Crippen molar-refractivity contribution in [1.82, 2.24) is 4.90 Å². The molecular weight excluding hydrogens is 270 g/mol. The first-order chi connectivity index (χ1) is 10.3. The third-order valence-corrected chi connectivity index (χ3v) is 2.87. The Kier molecular flexibility index (Phi) is 9.25. The van der Waals surface area contributed by atoms with Crippen molar-refractivity contribution in [2.45, 2.75) is 0 Å². The quantitative estimate of drug-likeness (QED) is 0.643. The zero-order valence-electron chi connectivity index (χ0n) is 12.4. The zero-order valence-corrected chi connectivity index (χ0v) is 12.4. The fourth-order valence-electron chi connectivity index (χ4n) is 1.77. The maximum absolute atomic E-state index is 9.00. The number of aliphatic hydroxyl groups excluding tert-OH is 2. The minimum atomic E-state index is -0.138. The summed E-state index contributed by atoms with van der Waals surface area (Å²) in [7, 11) is 1.66. The molecule has 0 saturated heterocycles. The number of aliphatic hydroxyl groups is 2. The number of ether oxygens (including phenoxy) is 2. The molecule has 0 aliphatic rings. The van der Waals surface area contributed by atoms with Gasteiger partial charge in [-0.15, -0.1) is 0 Å². The summed E-state index contributed by atoms with van der Waals surface area (Å²) >= 11 is 0. The van der Waals surface area contributed by atoms with Gasteiger partial charge in [0.1, 0.15) is 19.0 Å². The Morgan fingerprint density at radius 2 is 1.76 bits per heavy atom. The zero-order chi connectivity index (χ0) is 15.3. The van der Waals surface area contributed by atoms with Crippen molar-refractivity contribution in [3.8, 4) is 17.6 Å². The Balaban J connectivity index is 2.36. The Morgan fingerprint density at radius 1 is 1.05 bits per heavy atom. The van der Waals surface area contributed by atoms with E-state index in [1.807, 2.05) is 24.3 Å². The molecule has 0 unspecified atom stereocenters. The van der Waals surface area contributed by atoms with Gasteiger partial charge in [-0.1, -0.05) is 11.8 Å². The van der Waals surface area contributed by atoms with Crippen LogP contribution in [0.5, 0.6) is 5.75 Å². The number of rotatable bonds is 9. The molecule has 0 aliphatic carbocycles. The Hall–Kier alpha value is -1.58. The minimum Gasteiger partial charge on any atom is -0.492 e. The molecule has 0 amide bonds. The largest absolute Gasteiger partial charge is 0.492 e. The highest BCUT2D eigenvalue weighted by atomic mass is 16.5. The second-order valence-corrected chi connectivity index (χ2v) is 4.39. The molecule has 0 atom stereocenters. The fraction of sp³-hybridized carbons (Fsp3) is 0.500. The molecule has 1 aromatic rings. The highest BCUT2D eigenvalue weighted by Crippen LogP contribution is 2.11. The molecule has 5 nitrogen and oxygen atoms in total. The highest BCUT2D eigenvalue weighted by Gasteiger charge is 2.04. The van der Waals surface area contributed by atoms with E-state index in [-0.39, 0.29) is 13.2 Å². The summed E-state index contributed by atoms with van der Waals surface area (Å²) in [5.74, 6) is 6.21. The van der Waals surface area contributed by atoms with Crippen LogP contribution in [0.25, 0.3) is 0 Å². The molecule has 0 aromatic heterocycles. The van der Waals surface area contributed by atoms with E-state index in [0.29, 0.717) is 19.8 Å². The van der Waals surface area contributed by atoms with Gasteiger partial charge in [0.25, 0.3) is 0 Å². The number of hydrogen-bond acceptors (Lipinski definition) is 5. The first-order valence-electron chi connectivity index (χ1n) is 6.95. The van der Waals surface area contributed by atoms with Gasteiger partial charge in [0, 0.05) is 32.3 Å². The van der Waals surface area contributed by atoms with E-state index in [9.17, 15) is 0 Å². The number of methoxy groups -OCH3 is 1. The summed E-state index contributed by atoms with van der Waals surface area (Å²) in [6.45, 7) is 3.29. The molecular formula is C16H23NO4. The van der Waals surface area contributed by atoms with Crippen LogP contribution in [-0.4, -0.2) is 68.3 Å². The third-order valence-electron chi connectivity index (χ3n) is 2.87. The fourth-order valence-corrected chi connectivity index (χ4v) is 1.77. The van der Waals surface area contributed by atoms with Crippen molar-refractivity contribution in [2.24, 2.45) is 0 Å². The summed E-state index contributed by atoms with van der Waals surface area (Å²) in [6, 6.07) is 7.42. The summed E-state index contributed by atoms with van der Waals surface area (Å²) < 4.78 is 10.7. The molecule has 116 valence electrons. The molecule has 0 saturated carbocycles. The van der Waals surface area contributed by atoms with Crippen LogP contribution in [0, 0.1) is 11.8 Å². The van der Waals surface area contributed by atoms with E-state index in [2.05, 4.69) is 16.7 Å². The van der Waals surface area contributed by atoms with Gasteiger partial charge in [-0.2, -0.15) is 0 Å². The first-order valence-corrected chi connectivity index (χ1v) is 6.95. The molecule has 0 spiro atoms. The summed E-state index contributed by atoms with van der Waals surface area (Å²) in [6.07, 6.45) is 0. The lowest BCUT2D eigenvalue weighted by Crippen LogP contribution is -2.33. The monoisotopic (exact) mass is 293 g/mol. The molecule has 1 aromatic carbocycles. The molecule has 1 rings (SSSR count). The van der Waals surface area contributed by atoms with Crippen LogP contribution >= 0.6 is 0 Å². The summed E-state index contributed by atoms with van der Waals surface area (Å²) in [4.78, 5) is 2.09. The molecule has 0 heterocycles. The molecule has 0 radical (unpaired) electrons. The second-order valence-electron chi connectivity index (χ2n) is 4.39. The van der Waals surface area contributed by atoms with Crippen molar-refractivity contribution in [3.63, 3.8) is 0 Å². The van der Waals surface area contributed by atoms with Crippen LogP contribution < -0.4 is 4.74 Å². The van der Waals surface area contributed by atoms with E-state index in [1.165, 1.54) is 0 Å². The van der Waals surface area contributed by atoms with Crippen molar-refractivity contribution >= 4 is 0 Å². The van der Waals surface area contributed by atoms with Crippen molar-refractivity contribution < 1.29 is 19.7 Å². The summed E-state index contributed by atoms with van der Waals surface area (Å²) in [5.41, 5.74) is 0.846. The van der Waals surface area contributed by atoms with Crippen LogP contribution in [-0.2, 0) is 4.74 Å². The van der Waals surface area contributed by atoms with Crippen LogP contribution in [0.4, 0.5) is 0 Å². The van der Waals surface area contributed by atoms with E-state index in [4.69, 9.17) is 19.7 Å². The number of benzene rings is 1. The third kappa shape index (κ3) is 7.69. The van der Waals surface area contributed by atoms with Gasteiger partial charge in [0.2, 0.25) is 0 Å². The lowest BCUT2D eigenvalue weighted by Gasteiger charge is -2.20. The van der Waals surface area contributed by atoms with Crippen molar-refractivity contribution in [2.75, 3.05) is 53.2 Å². The molecule has 2 N–H and O–H groups in total. The van der Waals surface area contributed by atoms with Crippen LogP contribution in [0.3, 0.4) is 0 Å². The lowest BCUT2D eigenvalue weighted by atomic mass is 10.2. The second kappa shape index (κ2) is 11.1. The lowest BCUT2D eigenvalue weighted by molar-refractivity contribution is 0.118. The number of nitrogens with zero attached hydrogens (tertiary/aromatic N) is 1. The average Bonchev–Trinajstić information content (AvgIpc) is 2.52. The van der Waals surface area contributed by atoms with Crippen molar-refractivity contribution in [1.29, 1.82) is 0 Å². The van der Waals surface area contributed by atoms with Crippen LogP contribution in [0.15, 0.2) is 24.3 Å². The molecule has 0 fully saturated rings. The van der Waals surface area contributed by atoms with Gasteiger partial charge in [-0.3, -0.25) is 4.90 Å². The maximum Gasteiger partial charge on any atom is 0.119 e. The van der Waals surface area contributed by atoms with Gasteiger partial charge < -0.3 is 19.7 Å². The Labute approximate surface area is 126 Å². The van der Waals surface area contributed by atoms with Gasteiger partial charge in [-0.05, 0) is 24.3 Å². The Morgan fingerprint density at radius 3 is 2.38 bits per heavy atom. The van der Waals surface area contributed by atoms with Gasteiger partial charge >= 0.3 is 0 Å². The molecule has 5 heteroatoms. The predicted octanol–water partition coefficient (Wildman–Crippen LogP) is 0.350. The Bertz CT molecular complexity index is 436. The van der Waals surface area contributed by atoms with E-state index < -0.39 is 0 Å². The van der Waals surface area contributed by atoms with E-state index in [1.54, 1.807) is 7.11 Å². The summed E-state index contributed by atoms with van der Waals surface area (Å²) in [5, 5.41) is 17.6. The van der Waals surface area contributed by atoms with E-state index >= 15 is 0 Å². The van der Waals surface area contributed by atoms with Gasteiger partial charge in [0.05, 0.1) is 13.2 Å². The molecule has 0 aliphatic heterocycles. The number of hydrogen-bond donors (Lipinski definition) is 2. The molecule has 0 bridgehead atoms.